The molecule has 1 rings (SSSR count). The zero-order valence-electron chi connectivity index (χ0n) is 9.09. The molecule has 1 saturated heterocycles. The Balaban J connectivity index is 2.50. The number of carboxylic acids is 2. The van der Waals surface area contributed by atoms with Gasteiger partial charge < -0.3 is 25.2 Å². The summed E-state index contributed by atoms with van der Waals surface area (Å²) in [6.07, 6.45) is -0.647. The number of amides is 2. The molecule has 1 fully saturated rings. The Morgan fingerprint density at radius 1 is 1.24 bits per heavy atom. The summed E-state index contributed by atoms with van der Waals surface area (Å²) >= 11 is 0. The van der Waals surface area contributed by atoms with Crippen LogP contribution in [0.4, 0.5) is 4.79 Å². The van der Waals surface area contributed by atoms with Crippen molar-refractivity contribution >= 4 is 18.0 Å². The molecule has 1 atom stereocenters. The number of rotatable bonds is 4. The maximum Gasteiger partial charge on any atom is 0.326 e. The second-order valence-corrected chi connectivity index (χ2v) is 3.54. The SMILES string of the molecule is O=C(O)CC(NC(=O)N1CCOCC1)C(=O)O. The van der Waals surface area contributed by atoms with E-state index in [4.69, 9.17) is 14.9 Å². The van der Waals surface area contributed by atoms with Crippen LogP contribution in [0, 0.1) is 0 Å². The summed E-state index contributed by atoms with van der Waals surface area (Å²) in [7, 11) is 0. The first-order valence-corrected chi connectivity index (χ1v) is 5.08. The van der Waals surface area contributed by atoms with Crippen molar-refractivity contribution in [3.05, 3.63) is 0 Å². The van der Waals surface area contributed by atoms with Gasteiger partial charge >= 0.3 is 18.0 Å². The maximum absolute atomic E-state index is 11.6. The Labute approximate surface area is 97.1 Å². The van der Waals surface area contributed by atoms with Crippen molar-refractivity contribution in [1.82, 2.24) is 10.2 Å². The molecule has 96 valence electrons. The highest BCUT2D eigenvalue weighted by Crippen LogP contribution is 2.00. The predicted octanol–water partition coefficient (Wildman–Crippen LogP) is -1.04. The molecule has 0 bridgehead atoms. The van der Waals surface area contributed by atoms with Crippen molar-refractivity contribution in [2.75, 3.05) is 26.3 Å². The van der Waals surface area contributed by atoms with Gasteiger partial charge in [-0.05, 0) is 0 Å². The van der Waals surface area contributed by atoms with E-state index in [2.05, 4.69) is 5.32 Å². The lowest BCUT2D eigenvalue weighted by atomic mass is 10.2. The molecular weight excluding hydrogens is 232 g/mol. The fraction of sp³-hybridized carbons (Fsp3) is 0.667. The Morgan fingerprint density at radius 2 is 1.82 bits per heavy atom. The third-order valence-corrected chi connectivity index (χ3v) is 2.27. The second kappa shape index (κ2) is 6.04. The van der Waals surface area contributed by atoms with Gasteiger partial charge in [-0.3, -0.25) is 4.79 Å². The average Bonchev–Trinajstić information content (AvgIpc) is 2.28. The topological polar surface area (TPSA) is 116 Å². The predicted molar refractivity (Wildman–Crippen MR) is 54.6 cm³/mol. The van der Waals surface area contributed by atoms with E-state index in [1.807, 2.05) is 0 Å². The third kappa shape index (κ3) is 4.27. The highest BCUT2D eigenvalue weighted by Gasteiger charge is 2.26. The minimum Gasteiger partial charge on any atom is -0.481 e. The standard InChI is InChI=1S/C9H14N2O6/c12-7(13)5-6(8(14)15)10-9(16)11-1-3-17-4-2-11/h6H,1-5H2,(H,10,16)(H,12,13)(H,14,15). The minimum atomic E-state index is -1.41. The van der Waals surface area contributed by atoms with Gasteiger partial charge in [0.2, 0.25) is 0 Å². The number of aliphatic carboxylic acids is 2. The molecule has 1 heterocycles. The van der Waals surface area contributed by atoms with Crippen LogP contribution < -0.4 is 5.32 Å². The lowest BCUT2D eigenvalue weighted by Crippen LogP contribution is -2.51. The summed E-state index contributed by atoms with van der Waals surface area (Å²) in [6, 6.07) is -2.00. The molecule has 0 saturated carbocycles. The molecule has 0 aromatic rings. The van der Waals surface area contributed by atoms with E-state index in [0.29, 0.717) is 26.3 Å². The van der Waals surface area contributed by atoms with Crippen molar-refractivity contribution in [3.63, 3.8) is 0 Å². The maximum atomic E-state index is 11.6. The second-order valence-electron chi connectivity index (χ2n) is 3.54. The highest BCUT2D eigenvalue weighted by molar-refractivity contribution is 5.86. The van der Waals surface area contributed by atoms with E-state index in [9.17, 15) is 14.4 Å². The van der Waals surface area contributed by atoms with Gasteiger partial charge in [-0.1, -0.05) is 0 Å². The van der Waals surface area contributed by atoms with E-state index in [1.165, 1.54) is 4.90 Å². The number of morpholine rings is 1. The molecule has 0 aromatic carbocycles. The third-order valence-electron chi connectivity index (χ3n) is 2.27. The normalized spacial score (nSPS) is 17.3. The van der Waals surface area contributed by atoms with Crippen molar-refractivity contribution in [2.45, 2.75) is 12.5 Å². The Hall–Kier alpha value is -1.83. The number of hydrogen-bond donors (Lipinski definition) is 3. The molecule has 1 aliphatic rings. The Kier molecular flexibility index (Phi) is 4.70. The van der Waals surface area contributed by atoms with Gasteiger partial charge in [-0.15, -0.1) is 0 Å². The first-order chi connectivity index (χ1) is 8.00. The van der Waals surface area contributed by atoms with E-state index in [1.54, 1.807) is 0 Å². The number of nitrogens with zero attached hydrogens (tertiary/aromatic N) is 1. The monoisotopic (exact) mass is 246 g/mol. The molecule has 3 N–H and O–H groups in total. The highest BCUT2D eigenvalue weighted by atomic mass is 16.5. The summed E-state index contributed by atoms with van der Waals surface area (Å²) in [5, 5.41) is 19.4. The molecule has 1 unspecified atom stereocenters. The van der Waals surface area contributed by atoms with Crippen LogP contribution in [0.15, 0.2) is 0 Å². The number of carboxylic acid groups (broad SMARTS) is 2. The number of nitrogens with one attached hydrogen (secondary N) is 1. The molecule has 8 heteroatoms. The van der Waals surface area contributed by atoms with Crippen LogP contribution in [-0.2, 0) is 14.3 Å². The van der Waals surface area contributed by atoms with Crippen LogP contribution in [-0.4, -0.2) is 65.4 Å². The van der Waals surface area contributed by atoms with Crippen LogP contribution in [0.5, 0.6) is 0 Å². The molecular formula is C9H14N2O6. The van der Waals surface area contributed by atoms with E-state index in [-0.39, 0.29) is 0 Å². The van der Waals surface area contributed by atoms with Crippen LogP contribution >= 0.6 is 0 Å². The van der Waals surface area contributed by atoms with E-state index >= 15 is 0 Å². The van der Waals surface area contributed by atoms with Crippen LogP contribution in [0.3, 0.4) is 0 Å². The molecule has 1 aliphatic heterocycles. The summed E-state index contributed by atoms with van der Waals surface area (Å²) in [4.78, 5) is 34.1. The number of ether oxygens (including phenoxy) is 1. The Bertz CT molecular complexity index is 313. The van der Waals surface area contributed by atoms with Crippen LogP contribution in [0.25, 0.3) is 0 Å². The molecule has 17 heavy (non-hydrogen) atoms. The fourth-order valence-electron chi connectivity index (χ4n) is 1.38. The molecule has 0 radical (unpaired) electrons. The quantitative estimate of drug-likeness (QED) is 0.583. The zero-order valence-corrected chi connectivity index (χ0v) is 9.09. The van der Waals surface area contributed by atoms with Crippen molar-refractivity contribution in [1.29, 1.82) is 0 Å². The van der Waals surface area contributed by atoms with Crippen LogP contribution in [0.2, 0.25) is 0 Å². The molecule has 2 amide bonds. The van der Waals surface area contributed by atoms with Gasteiger partial charge in [-0.2, -0.15) is 0 Å². The van der Waals surface area contributed by atoms with Gasteiger partial charge in [0.25, 0.3) is 0 Å². The smallest absolute Gasteiger partial charge is 0.326 e. The fourth-order valence-corrected chi connectivity index (χ4v) is 1.38. The van der Waals surface area contributed by atoms with Gasteiger partial charge in [0.1, 0.15) is 6.04 Å². The Morgan fingerprint density at radius 3 is 2.29 bits per heavy atom. The summed E-state index contributed by atoms with van der Waals surface area (Å²) in [5.41, 5.74) is 0. The van der Waals surface area contributed by atoms with Gasteiger partial charge in [0.15, 0.2) is 0 Å². The zero-order chi connectivity index (χ0) is 12.8. The van der Waals surface area contributed by atoms with Crippen molar-refractivity contribution < 1.29 is 29.3 Å². The van der Waals surface area contributed by atoms with Gasteiger partial charge in [0, 0.05) is 13.1 Å². The van der Waals surface area contributed by atoms with Gasteiger partial charge in [0.05, 0.1) is 19.6 Å². The van der Waals surface area contributed by atoms with E-state index < -0.39 is 30.4 Å². The number of urea groups is 1. The minimum absolute atomic E-state index is 0.366. The lowest BCUT2D eigenvalue weighted by molar-refractivity contribution is -0.145. The first kappa shape index (κ1) is 13.2. The molecule has 0 spiro atoms. The average molecular weight is 246 g/mol. The number of carbonyl (C=O) groups excluding carboxylic acids is 1. The number of hydrogen-bond acceptors (Lipinski definition) is 4. The lowest BCUT2D eigenvalue weighted by Gasteiger charge is -2.28. The largest absolute Gasteiger partial charge is 0.481 e. The molecule has 8 nitrogen and oxygen atoms in total. The van der Waals surface area contributed by atoms with Crippen LogP contribution in [0.1, 0.15) is 6.42 Å². The summed E-state index contributed by atoms with van der Waals surface area (Å²) in [5.74, 6) is -2.64. The van der Waals surface area contributed by atoms with Gasteiger partial charge in [-0.25, -0.2) is 9.59 Å². The summed E-state index contributed by atoms with van der Waals surface area (Å²) < 4.78 is 5.03. The van der Waals surface area contributed by atoms with Crippen molar-refractivity contribution in [3.8, 4) is 0 Å². The summed E-state index contributed by atoms with van der Waals surface area (Å²) in [6.45, 7) is 1.52. The van der Waals surface area contributed by atoms with E-state index in [0.717, 1.165) is 0 Å². The first-order valence-electron chi connectivity index (χ1n) is 5.08. The van der Waals surface area contributed by atoms with Crippen molar-refractivity contribution in [2.24, 2.45) is 0 Å². The molecule has 0 aromatic heterocycles. The molecule has 0 aliphatic carbocycles. The number of carbonyl (C=O) groups is 3.